The molecule has 38 heavy (non-hydrogen) atoms. The van der Waals surface area contributed by atoms with Crippen LogP contribution in [-0.4, -0.2) is 0 Å². The van der Waals surface area contributed by atoms with E-state index < -0.39 is 0 Å². The summed E-state index contributed by atoms with van der Waals surface area (Å²) in [7, 11) is 0. The molecule has 3 heteroatoms. The summed E-state index contributed by atoms with van der Waals surface area (Å²) in [6.45, 7) is 4.74. The van der Waals surface area contributed by atoms with E-state index in [9.17, 15) is 5.26 Å². The lowest BCUT2D eigenvalue weighted by Gasteiger charge is -2.29. The molecule has 0 N–H and O–H groups in total. The van der Waals surface area contributed by atoms with Crippen LogP contribution in [0.25, 0.3) is 39.3 Å². The number of fused-ring (bicyclic) bond motifs is 9. The van der Waals surface area contributed by atoms with Gasteiger partial charge in [0.05, 0.1) is 23.1 Å². The maximum absolute atomic E-state index is 9.22. The predicted molar refractivity (Wildman–Crippen MR) is 150 cm³/mol. The van der Waals surface area contributed by atoms with Gasteiger partial charge >= 0.3 is 0 Å². The van der Waals surface area contributed by atoms with Crippen LogP contribution in [0, 0.1) is 11.3 Å². The second kappa shape index (κ2) is 8.94. The molecular formula is C35H27N3+2. The van der Waals surface area contributed by atoms with Gasteiger partial charge in [0.2, 0.25) is 23.1 Å². The van der Waals surface area contributed by atoms with Gasteiger partial charge in [-0.2, -0.15) is 14.4 Å². The number of nitrogens with zero attached hydrogens (tertiary/aromatic N) is 3. The first-order chi connectivity index (χ1) is 18.7. The van der Waals surface area contributed by atoms with E-state index in [1.54, 1.807) is 0 Å². The van der Waals surface area contributed by atoms with Crippen molar-refractivity contribution in [1.29, 1.82) is 5.26 Å². The molecule has 0 bridgehead atoms. The third-order valence-corrected chi connectivity index (χ3v) is 8.18. The summed E-state index contributed by atoms with van der Waals surface area (Å²) in [6, 6.07) is 38.8. The summed E-state index contributed by atoms with van der Waals surface area (Å²) < 4.78 is 4.72. The normalized spacial score (nSPS) is 17.3. The minimum Gasteiger partial charge on any atom is -0.192 e. The van der Waals surface area contributed by atoms with Crippen LogP contribution in [0.5, 0.6) is 0 Å². The van der Waals surface area contributed by atoms with Gasteiger partial charge < -0.3 is 0 Å². The number of hydrogen-bond acceptors (Lipinski definition) is 1. The van der Waals surface area contributed by atoms with Gasteiger partial charge in [-0.25, -0.2) is 0 Å². The second-order valence-electron chi connectivity index (χ2n) is 10.2. The third kappa shape index (κ3) is 3.49. The second-order valence-corrected chi connectivity index (χ2v) is 10.2. The Bertz CT molecular complexity index is 1760. The number of rotatable bonds is 1. The van der Waals surface area contributed by atoms with Crippen LogP contribution >= 0.6 is 0 Å². The zero-order valence-electron chi connectivity index (χ0n) is 21.1. The Hall–Kier alpha value is -4.81. The number of aryl methyl sites for hydroxylation is 1. The molecule has 0 aliphatic carbocycles. The Morgan fingerprint density at radius 3 is 2.32 bits per heavy atom. The van der Waals surface area contributed by atoms with E-state index in [4.69, 9.17) is 6.58 Å². The van der Waals surface area contributed by atoms with Gasteiger partial charge in [-0.3, -0.25) is 0 Å². The third-order valence-electron chi connectivity index (χ3n) is 8.18. The van der Waals surface area contributed by atoms with Crippen LogP contribution in [0.2, 0.25) is 0 Å². The molecule has 0 fully saturated rings. The molecule has 2 aliphatic heterocycles. The van der Waals surface area contributed by atoms with Crippen molar-refractivity contribution in [2.75, 3.05) is 0 Å². The lowest BCUT2D eigenvalue weighted by molar-refractivity contribution is -0.727. The predicted octanol–water partition coefficient (Wildman–Crippen LogP) is 6.89. The lowest BCUT2D eigenvalue weighted by atomic mass is 9.78. The smallest absolute Gasteiger partial charge is 0.192 e. The largest absolute Gasteiger partial charge is 0.249 e. The number of allylic oxidation sites excluding steroid dienone is 1. The average Bonchev–Trinajstić information content (AvgIpc) is 3.04. The number of aromatic nitrogens is 2. The quantitative estimate of drug-likeness (QED) is 0.236. The van der Waals surface area contributed by atoms with E-state index in [1.807, 2.05) is 24.3 Å². The number of benzene rings is 3. The molecule has 2 unspecified atom stereocenters. The molecule has 0 amide bonds. The van der Waals surface area contributed by atoms with E-state index >= 15 is 0 Å². The van der Waals surface area contributed by atoms with Gasteiger partial charge in [-0.1, -0.05) is 42.5 Å². The van der Waals surface area contributed by atoms with Crippen molar-refractivity contribution >= 4 is 5.70 Å². The summed E-state index contributed by atoms with van der Waals surface area (Å²) in [5, 5.41) is 9.22. The molecule has 0 radical (unpaired) electrons. The van der Waals surface area contributed by atoms with Crippen LogP contribution < -0.4 is 9.13 Å². The molecule has 3 nitrogen and oxygen atoms in total. The topological polar surface area (TPSA) is 31.5 Å². The molecule has 0 spiro atoms. The van der Waals surface area contributed by atoms with Crippen molar-refractivity contribution in [3.8, 4) is 39.7 Å². The molecule has 2 aromatic heterocycles. The molecule has 0 saturated heterocycles. The van der Waals surface area contributed by atoms with Gasteiger partial charge in [0, 0.05) is 29.8 Å². The molecule has 3 aromatic carbocycles. The minimum atomic E-state index is 0.111. The summed E-state index contributed by atoms with van der Waals surface area (Å²) in [6.07, 6.45) is 6.37. The highest BCUT2D eigenvalue weighted by Gasteiger charge is 2.46. The highest BCUT2D eigenvalue weighted by Crippen LogP contribution is 2.44. The summed E-state index contributed by atoms with van der Waals surface area (Å²) in [4.78, 5) is 0. The molecule has 2 atom stereocenters. The van der Waals surface area contributed by atoms with Gasteiger partial charge in [0.15, 0.2) is 12.4 Å². The Kier molecular flexibility index (Phi) is 5.27. The number of nitriles is 1. The zero-order valence-corrected chi connectivity index (χ0v) is 21.1. The SMILES string of the molecule is C=C1C2C(CCc3ccc(-c4ccc(C#N)cc4)cc3-c3cccc[n+]31)c1ccccc1-c1cccc[n+]12. The summed E-state index contributed by atoms with van der Waals surface area (Å²) in [5.41, 5.74) is 11.7. The molecular weight excluding hydrogens is 462 g/mol. The van der Waals surface area contributed by atoms with Crippen molar-refractivity contribution < 1.29 is 9.13 Å². The molecule has 0 saturated carbocycles. The van der Waals surface area contributed by atoms with Crippen LogP contribution in [-0.2, 0) is 6.42 Å². The Morgan fingerprint density at radius 2 is 1.47 bits per heavy atom. The Balaban J connectivity index is 1.43. The first-order valence-electron chi connectivity index (χ1n) is 13.2. The number of hydrogen-bond donors (Lipinski definition) is 0. The standard InChI is InChI=1S/C35H27N3/c1-24-35-31(29-8-2-3-9-30(29)33-10-5-7-21-38(33)35)19-18-27-16-17-28(26-14-12-25(23-36)13-15-26)22-32(27)34-11-4-6-20-37(24)34/h2-17,20-22,31,35H,1,18-19H2/q+2. The molecule has 2 aliphatic rings. The monoisotopic (exact) mass is 489 g/mol. The van der Waals surface area contributed by atoms with Crippen LogP contribution in [0.3, 0.4) is 0 Å². The van der Waals surface area contributed by atoms with Gasteiger partial charge in [0.1, 0.15) is 0 Å². The van der Waals surface area contributed by atoms with E-state index in [2.05, 4.69) is 106 Å². The molecule has 4 heterocycles. The van der Waals surface area contributed by atoms with Crippen molar-refractivity contribution in [2.24, 2.45) is 0 Å². The van der Waals surface area contributed by atoms with Crippen molar-refractivity contribution in [3.63, 3.8) is 0 Å². The minimum absolute atomic E-state index is 0.111. The van der Waals surface area contributed by atoms with E-state index in [-0.39, 0.29) is 6.04 Å². The van der Waals surface area contributed by atoms with Crippen LogP contribution in [0.15, 0.2) is 122 Å². The van der Waals surface area contributed by atoms with E-state index in [0.717, 1.165) is 35.4 Å². The van der Waals surface area contributed by atoms with Gasteiger partial charge in [-0.05, 0) is 78.1 Å². The fourth-order valence-electron chi connectivity index (χ4n) is 6.37. The Morgan fingerprint density at radius 1 is 0.737 bits per heavy atom. The summed E-state index contributed by atoms with van der Waals surface area (Å²) >= 11 is 0. The first-order valence-corrected chi connectivity index (χ1v) is 13.2. The van der Waals surface area contributed by atoms with E-state index in [0.29, 0.717) is 11.5 Å². The molecule has 180 valence electrons. The lowest BCUT2D eigenvalue weighted by Crippen LogP contribution is -2.53. The fourth-order valence-corrected chi connectivity index (χ4v) is 6.37. The van der Waals surface area contributed by atoms with E-state index in [1.165, 1.54) is 27.9 Å². The van der Waals surface area contributed by atoms with Gasteiger partial charge in [0.25, 0.3) is 0 Å². The fraction of sp³-hybridized carbons (Fsp3) is 0.114. The highest BCUT2D eigenvalue weighted by atomic mass is 15.1. The number of pyridine rings is 2. The molecule has 5 aromatic rings. The maximum atomic E-state index is 9.22. The van der Waals surface area contributed by atoms with Crippen molar-refractivity contribution in [2.45, 2.75) is 24.8 Å². The van der Waals surface area contributed by atoms with Crippen molar-refractivity contribution in [3.05, 3.63) is 139 Å². The van der Waals surface area contributed by atoms with Crippen molar-refractivity contribution in [1.82, 2.24) is 0 Å². The maximum Gasteiger partial charge on any atom is 0.249 e. The highest BCUT2D eigenvalue weighted by molar-refractivity contribution is 5.74. The van der Waals surface area contributed by atoms with Gasteiger partial charge in [-0.15, -0.1) is 0 Å². The zero-order chi connectivity index (χ0) is 25.6. The Labute approximate surface area is 223 Å². The van der Waals surface area contributed by atoms with Crippen LogP contribution in [0.4, 0.5) is 0 Å². The molecule has 7 rings (SSSR count). The summed E-state index contributed by atoms with van der Waals surface area (Å²) in [5.74, 6) is 0.309. The average molecular weight is 490 g/mol. The first kappa shape index (κ1) is 22.4. The van der Waals surface area contributed by atoms with Crippen LogP contribution in [0.1, 0.15) is 35.1 Å².